The molecule has 0 unspecified atom stereocenters. The van der Waals surface area contributed by atoms with E-state index in [9.17, 15) is 4.79 Å². The lowest BCUT2D eigenvalue weighted by atomic mass is 9.87. The molecule has 0 radical (unpaired) electrons. The molecule has 3 aromatic rings. The Labute approximate surface area is 140 Å². The maximum atomic E-state index is 10.6. The first-order valence-electron chi connectivity index (χ1n) is 7.85. The number of hydrogen-bond donors (Lipinski definition) is 2. The molecule has 0 amide bonds. The number of benzene rings is 2. The standard InChI is InChI=1S/C20H20N2O2/c1-20(2,3)15-8-6-14(7-9-15)19-21-16-10-4-13(5-11-18(23)24)12-17(16)22-19/h4-12H,1-3H3,(H,21,22)(H,23,24)/b11-5+. The van der Waals surface area contributed by atoms with Crippen molar-refractivity contribution < 1.29 is 9.90 Å². The van der Waals surface area contributed by atoms with Crippen LogP contribution in [0.25, 0.3) is 28.5 Å². The summed E-state index contributed by atoms with van der Waals surface area (Å²) >= 11 is 0. The Bertz CT molecular complexity index is 913. The van der Waals surface area contributed by atoms with Crippen LogP contribution in [0.5, 0.6) is 0 Å². The van der Waals surface area contributed by atoms with Crippen molar-refractivity contribution in [1.29, 1.82) is 0 Å². The molecule has 0 saturated carbocycles. The number of hydrogen-bond acceptors (Lipinski definition) is 2. The number of carboxylic acids is 1. The third kappa shape index (κ3) is 3.38. The normalized spacial score (nSPS) is 12.1. The molecule has 3 rings (SSSR count). The molecule has 122 valence electrons. The maximum absolute atomic E-state index is 10.6. The minimum atomic E-state index is -0.959. The molecule has 24 heavy (non-hydrogen) atoms. The van der Waals surface area contributed by atoms with Crippen LogP contribution in [0.3, 0.4) is 0 Å². The lowest BCUT2D eigenvalue weighted by Gasteiger charge is -2.18. The highest BCUT2D eigenvalue weighted by molar-refractivity contribution is 5.87. The molecule has 1 heterocycles. The van der Waals surface area contributed by atoms with Gasteiger partial charge >= 0.3 is 5.97 Å². The number of nitrogens with zero attached hydrogens (tertiary/aromatic N) is 1. The lowest BCUT2D eigenvalue weighted by Crippen LogP contribution is -2.10. The summed E-state index contributed by atoms with van der Waals surface area (Å²) in [5.41, 5.74) is 5.00. The molecule has 1 aromatic heterocycles. The first-order chi connectivity index (χ1) is 11.3. The summed E-state index contributed by atoms with van der Waals surface area (Å²) in [6.07, 6.45) is 2.70. The Morgan fingerprint density at radius 3 is 2.46 bits per heavy atom. The molecular weight excluding hydrogens is 300 g/mol. The van der Waals surface area contributed by atoms with Crippen molar-refractivity contribution in [2.24, 2.45) is 0 Å². The zero-order valence-electron chi connectivity index (χ0n) is 14.0. The first-order valence-corrected chi connectivity index (χ1v) is 7.85. The van der Waals surface area contributed by atoms with E-state index in [2.05, 4.69) is 55.0 Å². The second-order valence-corrected chi connectivity index (χ2v) is 6.86. The second-order valence-electron chi connectivity index (χ2n) is 6.86. The van der Waals surface area contributed by atoms with Gasteiger partial charge in [0.05, 0.1) is 11.0 Å². The predicted octanol–water partition coefficient (Wildman–Crippen LogP) is 4.63. The number of fused-ring (bicyclic) bond motifs is 1. The fourth-order valence-electron chi connectivity index (χ4n) is 2.56. The zero-order valence-corrected chi connectivity index (χ0v) is 14.0. The average molecular weight is 320 g/mol. The van der Waals surface area contributed by atoms with Crippen LogP contribution in [0.15, 0.2) is 48.5 Å². The van der Waals surface area contributed by atoms with E-state index < -0.39 is 5.97 Å². The minimum Gasteiger partial charge on any atom is -0.478 e. The van der Waals surface area contributed by atoms with Gasteiger partial charge in [0, 0.05) is 11.6 Å². The molecule has 4 nitrogen and oxygen atoms in total. The smallest absolute Gasteiger partial charge is 0.328 e. The monoisotopic (exact) mass is 320 g/mol. The van der Waals surface area contributed by atoms with Crippen LogP contribution >= 0.6 is 0 Å². The van der Waals surface area contributed by atoms with E-state index >= 15 is 0 Å². The van der Waals surface area contributed by atoms with Gasteiger partial charge in [0.15, 0.2) is 0 Å². The van der Waals surface area contributed by atoms with Gasteiger partial charge in [0.1, 0.15) is 5.82 Å². The average Bonchev–Trinajstić information content (AvgIpc) is 2.95. The highest BCUT2D eigenvalue weighted by Crippen LogP contribution is 2.26. The van der Waals surface area contributed by atoms with Crippen molar-refractivity contribution in [3.63, 3.8) is 0 Å². The third-order valence-corrected chi connectivity index (χ3v) is 3.95. The van der Waals surface area contributed by atoms with Crippen LogP contribution in [-0.4, -0.2) is 21.0 Å². The fraction of sp³-hybridized carbons (Fsp3) is 0.200. The van der Waals surface area contributed by atoms with E-state index in [0.717, 1.165) is 34.1 Å². The first kappa shape index (κ1) is 16.0. The fourth-order valence-corrected chi connectivity index (χ4v) is 2.56. The quantitative estimate of drug-likeness (QED) is 0.692. The van der Waals surface area contributed by atoms with Gasteiger partial charge in [0.25, 0.3) is 0 Å². The van der Waals surface area contributed by atoms with Gasteiger partial charge in [-0.15, -0.1) is 0 Å². The third-order valence-electron chi connectivity index (χ3n) is 3.95. The zero-order chi connectivity index (χ0) is 17.3. The predicted molar refractivity (Wildman–Crippen MR) is 96.9 cm³/mol. The van der Waals surface area contributed by atoms with E-state index in [4.69, 9.17) is 5.11 Å². The number of imidazole rings is 1. The van der Waals surface area contributed by atoms with Crippen LogP contribution in [0, 0.1) is 0 Å². The van der Waals surface area contributed by atoms with E-state index in [1.165, 1.54) is 5.56 Å². The van der Waals surface area contributed by atoms with Gasteiger partial charge in [-0.25, -0.2) is 9.78 Å². The Morgan fingerprint density at radius 1 is 1.12 bits per heavy atom. The number of aromatic nitrogens is 2. The largest absolute Gasteiger partial charge is 0.478 e. The molecule has 0 aliphatic rings. The topological polar surface area (TPSA) is 66.0 Å². The van der Waals surface area contributed by atoms with E-state index in [0.29, 0.717) is 0 Å². The Morgan fingerprint density at radius 2 is 1.83 bits per heavy atom. The van der Waals surface area contributed by atoms with Crippen LogP contribution in [-0.2, 0) is 10.2 Å². The van der Waals surface area contributed by atoms with Crippen molar-refractivity contribution in [3.8, 4) is 11.4 Å². The van der Waals surface area contributed by atoms with Gasteiger partial charge < -0.3 is 10.1 Å². The van der Waals surface area contributed by atoms with Gasteiger partial charge in [-0.3, -0.25) is 0 Å². The molecule has 0 fully saturated rings. The lowest BCUT2D eigenvalue weighted by molar-refractivity contribution is -0.131. The Balaban J connectivity index is 1.94. The summed E-state index contributed by atoms with van der Waals surface area (Å²) in [7, 11) is 0. The maximum Gasteiger partial charge on any atom is 0.328 e. The minimum absolute atomic E-state index is 0.123. The van der Waals surface area contributed by atoms with E-state index in [1.807, 2.05) is 18.2 Å². The number of rotatable bonds is 3. The molecule has 0 bridgehead atoms. The SMILES string of the molecule is CC(C)(C)c1ccc(-c2nc3ccc(/C=C/C(=O)O)cc3[nH]2)cc1. The number of carbonyl (C=O) groups is 1. The van der Waals surface area contributed by atoms with Crippen molar-refractivity contribution >= 4 is 23.1 Å². The van der Waals surface area contributed by atoms with Crippen molar-refractivity contribution in [2.45, 2.75) is 26.2 Å². The summed E-state index contributed by atoms with van der Waals surface area (Å²) in [5.74, 6) is -0.149. The molecule has 0 spiro atoms. The Hall–Kier alpha value is -2.88. The number of nitrogens with one attached hydrogen (secondary N) is 1. The second kappa shape index (κ2) is 5.96. The number of aromatic amines is 1. The molecule has 0 aliphatic heterocycles. The van der Waals surface area contributed by atoms with Crippen molar-refractivity contribution in [3.05, 3.63) is 59.7 Å². The molecule has 0 atom stereocenters. The summed E-state index contributed by atoms with van der Waals surface area (Å²) in [6.45, 7) is 6.57. The van der Waals surface area contributed by atoms with Crippen LogP contribution in [0.1, 0.15) is 31.9 Å². The number of H-pyrrole nitrogens is 1. The summed E-state index contributed by atoms with van der Waals surface area (Å²) in [4.78, 5) is 18.5. The van der Waals surface area contributed by atoms with Gasteiger partial charge in [-0.2, -0.15) is 0 Å². The Kier molecular flexibility index (Phi) is 3.97. The van der Waals surface area contributed by atoms with Crippen LogP contribution < -0.4 is 0 Å². The highest BCUT2D eigenvalue weighted by atomic mass is 16.4. The number of aliphatic carboxylic acids is 1. The molecular formula is C20H20N2O2. The van der Waals surface area contributed by atoms with Gasteiger partial charge in [-0.05, 0) is 34.8 Å². The van der Waals surface area contributed by atoms with E-state index in [-0.39, 0.29) is 5.41 Å². The van der Waals surface area contributed by atoms with Gasteiger partial charge in [-0.1, -0.05) is 51.1 Å². The van der Waals surface area contributed by atoms with Crippen molar-refractivity contribution in [1.82, 2.24) is 9.97 Å². The molecule has 2 aromatic carbocycles. The van der Waals surface area contributed by atoms with Crippen LogP contribution in [0.2, 0.25) is 0 Å². The molecule has 2 N–H and O–H groups in total. The van der Waals surface area contributed by atoms with Gasteiger partial charge in [0.2, 0.25) is 0 Å². The molecule has 4 heteroatoms. The summed E-state index contributed by atoms with van der Waals surface area (Å²) in [5, 5.41) is 8.71. The number of carboxylic acid groups (broad SMARTS) is 1. The molecule has 0 aliphatic carbocycles. The van der Waals surface area contributed by atoms with Crippen LogP contribution in [0.4, 0.5) is 0 Å². The van der Waals surface area contributed by atoms with Crippen molar-refractivity contribution in [2.75, 3.05) is 0 Å². The van der Waals surface area contributed by atoms with E-state index in [1.54, 1.807) is 6.08 Å². The summed E-state index contributed by atoms with van der Waals surface area (Å²) < 4.78 is 0. The summed E-state index contributed by atoms with van der Waals surface area (Å²) in [6, 6.07) is 14.0. The molecule has 0 saturated heterocycles. The highest BCUT2D eigenvalue weighted by Gasteiger charge is 2.13.